The van der Waals surface area contributed by atoms with Gasteiger partial charge in [-0.15, -0.1) is 0 Å². The van der Waals surface area contributed by atoms with Crippen LogP contribution in [-0.4, -0.2) is 31.9 Å². The average Bonchev–Trinajstić information content (AvgIpc) is 3.32. The number of fused-ring (bicyclic) bond motifs is 2. The molecule has 3 heterocycles. The van der Waals surface area contributed by atoms with Crippen LogP contribution in [0.5, 0.6) is 0 Å². The monoisotopic (exact) mass is 451 g/mol. The summed E-state index contributed by atoms with van der Waals surface area (Å²) in [6.45, 7) is 1.79. The number of aryl methyl sites for hydroxylation is 1. The molecule has 0 spiro atoms. The SMILES string of the molecule is Cc1c(CC(=O)NC2CCS(=O)(=O)C2)c(=O)oc2cc3occ(-c4ccccc4)c3cc12. The summed E-state index contributed by atoms with van der Waals surface area (Å²) >= 11 is 0. The van der Waals surface area contributed by atoms with Crippen LogP contribution < -0.4 is 10.9 Å². The molecule has 1 atom stereocenters. The quantitative estimate of drug-likeness (QED) is 0.477. The fourth-order valence-corrected chi connectivity index (χ4v) is 5.98. The smallest absolute Gasteiger partial charge is 0.340 e. The Morgan fingerprint density at radius 1 is 1.12 bits per heavy atom. The number of nitrogens with one attached hydrogen (secondary N) is 1. The van der Waals surface area contributed by atoms with E-state index in [1.807, 2.05) is 36.4 Å². The zero-order valence-corrected chi connectivity index (χ0v) is 18.2. The summed E-state index contributed by atoms with van der Waals surface area (Å²) < 4.78 is 34.5. The summed E-state index contributed by atoms with van der Waals surface area (Å²) in [6.07, 6.45) is 1.89. The molecule has 0 saturated carbocycles. The molecule has 32 heavy (non-hydrogen) atoms. The van der Waals surface area contributed by atoms with Crippen molar-refractivity contribution in [2.45, 2.75) is 25.8 Å². The van der Waals surface area contributed by atoms with Crippen LogP contribution in [0.3, 0.4) is 0 Å². The van der Waals surface area contributed by atoms with Gasteiger partial charge in [-0.2, -0.15) is 0 Å². The molecule has 0 aliphatic carbocycles. The van der Waals surface area contributed by atoms with E-state index in [0.717, 1.165) is 21.9 Å². The Morgan fingerprint density at radius 2 is 1.91 bits per heavy atom. The van der Waals surface area contributed by atoms with Gasteiger partial charge < -0.3 is 14.2 Å². The molecule has 4 aromatic rings. The molecule has 8 heteroatoms. The molecule has 1 aliphatic rings. The molecule has 1 unspecified atom stereocenters. The van der Waals surface area contributed by atoms with Gasteiger partial charge in [0.05, 0.1) is 29.8 Å². The normalized spacial score (nSPS) is 17.7. The molecule has 0 radical (unpaired) electrons. The Hall–Kier alpha value is -3.39. The Bertz CT molecular complexity index is 1520. The van der Waals surface area contributed by atoms with Crippen molar-refractivity contribution in [1.29, 1.82) is 0 Å². The van der Waals surface area contributed by atoms with Gasteiger partial charge in [0, 0.05) is 28.4 Å². The van der Waals surface area contributed by atoms with Crippen LogP contribution >= 0.6 is 0 Å². The maximum absolute atomic E-state index is 12.6. The zero-order valence-electron chi connectivity index (χ0n) is 17.4. The van der Waals surface area contributed by atoms with E-state index in [1.165, 1.54) is 0 Å². The Labute approximate surface area is 183 Å². The first-order valence-corrected chi connectivity index (χ1v) is 12.2. The first-order valence-electron chi connectivity index (χ1n) is 10.3. The fraction of sp³-hybridized carbons (Fsp3) is 0.250. The molecular formula is C24H21NO6S. The molecule has 1 aliphatic heterocycles. The third-order valence-corrected chi connectivity index (χ3v) is 7.77. The van der Waals surface area contributed by atoms with Crippen LogP contribution in [0.4, 0.5) is 0 Å². The van der Waals surface area contributed by atoms with Crippen molar-refractivity contribution in [3.05, 3.63) is 70.3 Å². The minimum Gasteiger partial charge on any atom is -0.464 e. The van der Waals surface area contributed by atoms with Crippen LogP contribution in [0.25, 0.3) is 33.1 Å². The molecule has 5 rings (SSSR count). The summed E-state index contributed by atoms with van der Waals surface area (Å²) in [5.74, 6) is -0.388. The van der Waals surface area contributed by atoms with Gasteiger partial charge in [0.25, 0.3) is 0 Å². The molecule has 2 aromatic heterocycles. The van der Waals surface area contributed by atoms with E-state index >= 15 is 0 Å². The number of carbonyl (C=O) groups excluding carboxylic acids is 1. The van der Waals surface area contributed by atoms with E-state index in [9.17, 15) is 18.0 Å². The second-order valence-electron chi connectivity index (χ2n) is 8.20. The number of hydrogen-bond acceptors (Lipinski definition) is 6. The van der Waals surface area contributed by atoms with Gasteiger partial charge in [-0.3, -0.25) is 4.79 Å². The van der Waals surface area contributed by atoms with Crippen LogP contribution in [0, 0.1) is 6.92 Å². The van der Waals surface area contributed by atoms with Gasteiger partial charge in [0.2, 0.25) is 5.91 Å². The van der Waals surface area contributed by atoms with Crippen molar-refractivity contribution in [2.75, 3.05) is 11.5 Å². The van der Waals surface area contributed by atoms with E-state index in [1.54, 1.807) is 19.3 Å². The fourth-order valence-electron chi connectivity index (χ4n) is 4.30. The third-order valence-electron chi connectivity index (χ3n) is 6.00. The highest BCUT2D eigenvalue weighted by Gasteiger charge is 2.29. The molecule has 164 valence electrons. The van der Waals surface area contributed by atoms with Crippen LogP contribution in [0.1, 0.15) is 17.5 Å². The molecule has 1 saturated heterocycles. The highest BCUT2D eigenvalue weighted by Crippen LogP contribution is 2.34. The standard InChI is InChI=1S/C24H21NO6S/c1-14-17-9-19-20(15-5-3-2-4-6-15)12-30-21(19)11-22(17)31-24(27)18(14)10-23(26)25-16-7-8-32(28,29)13-16/h2-6,9,11-12,16H,7-8,10,13H2,1H3,(H,25,26). The maximum atomic E-state index is 12.6. The zero-order chi connectivity index (χ0) is 22.5. The van der Waals surface area contributed by atoms with Gasteiger partial charge in [0.15, 0.2) is 9.84 Å². The molecule has 0 bridgehead atoms. The largest absolute Gasteiger partial charge is 0.464 e. The highest BCUT2D eigenvalue weighted by molar-refractivity contribution is 7.91. The molecule has 1 fully saturated rings. The van der Waals surface area contributed by atoms with Gasteiger partial charge in [-0.25, -0.2) is 13.2 Å². The second kappa shape index (κ2) is 7.63. The third kappa shape index (κ3) is 3.71. The van der Waals surface area contributed by atoms with E-state index < -0.39 is 27.4 Å². The molecule has 1 amide bonds. The average molecular weight is 452 g/mol. The Morgan fingerprint density at radius 3 is 2.62 bits per heavy atom. The number of carbonyl (C=O) groups is 1. The first kappa shape index (κ1) is 20.5. The Balaban J connectivity index is 1.52. The number of rotatable bonds is 4. The summed E-state index contributed by atoms with van der Waals surface area (Å²) in [4.78, 5) is 25.1. The molecular weight excluding hydrogens is 430 g/mol. The van der Waals surface area contributed by atoms with Gasteiger partial charge in [0.1, 0.15) is 11.2 Å². The minimum atomic E-state index is -3.11. The van der Waals surface area contributed by atoms with E-state index in [0.29, 0.717) is 23.2 Å². The molecule has 1 N–H and O–H groups in total. The van der Waals surface area contributed by atoms with Crippen molar-refractivity contribution in [2.24, 2.45) is 0 Å². The first-order chi connectivity index (χ1) is 15.3. The summed E-state index contributed by atoms with van der Waals surface area (Å²) in [5, 5.41) is 4.33. The van der Waals surface area contributed by atoms with Crippen molar-refractivity contribution < 1.29 is 22.0 Å². The topological polar surface area (TPSA) is 107 Å². The lowest BCUT2D eigenvalue weighted by molar-refractivity contribution is -0.121. The molecule has 2 aromatic carbocycles. The predicted molar refractivity (Wildman–Crippen MR) is 121 cm³/mol. The predicted octanol–water partition coefficient (Wildman–Crippen LogP) is 3.36. The number of furan rings is 1. The second-order valence-corrected chi connectivity index (χ2v) is 10.4. The lowest BCUT2D eigenvalue weighted by Gasteiger charge is -2.12. The van der Waals surface area contributed by atoms with Crippen molar-refractivity contribution in [3.63, 3.8) is 0 Å². The summed E-state index contributed by atoms with van der Waals surface area (Å²) in [6, 6.07) is 13.0. The minimum absolute atomic E-state index is 0.0647. The lowest BCUT2D eigenvalue weighted by Crippen LogP contribution is -2.37. The van der Waals surface area contributed by atoms with Crippen molar-refractivity contribution in [3.8, 4) is 11.1 Å². The Kier molecular flexibility index (Phi) is 4.89. The van der Waals surface area contributed by atoms with Crippen LogP contribution in [0.2, 0.25) is 0 Å². The van der Waals surface area contributed by atoms with Crippen LogP contribution in [0.15, 0.2) is 62.4 Å². The number of amides is 1. The summed E-state index contributed by atoms with van der Waals surface area (Å²) in [5.41, 5.74) is 3.26. The lowest BCUT2D eigenvalue weighted by atomic mass is 9.99. The number of hydrogen-bond donors (Lipinski definition) is 1. The van der Waals surface area contributed by atoms with Gasteiger partial charge in [-0.05, 0) is 30.5 Å². The highest BCUT2D eigenvalue weighted by atomic mass is 32.2. The van der Waals surface area contributed by atoms with Gasteiger partial charge in [-0.1, -0.05) is 30.3 Å². The maximum Gasteiger partial charge on any atom is 0.340 e. The van der Waals surface area contributed by atoms with Gasteiger partial charge >= 0.3 is 5.63 Å². The number of benzene rings is 2. The van der Waals surface area contributed by atoms with E-state index in [4.69, 9.17) is 8.83 Å². The van der Waals surface area contributed by atoms with Crippen molar-refractivity contribution >= 4 is 37.7 Å². The van der Waals surface area contributed by atoms with Crippen molar-refractivity contribution in [1.82, 2.24) is 5.32 Å². The van der Waals surface area contributed by atoms with Crippen LogP contribution in [-0.2, 0) is 21.1 Å². The summed E-state index contributed by atoms with van der Waals surface area (Å²) in [7, 11) is -3.11. The molecule has 7 nitrogen and oxygen atoms in total. The van der Waals surface area contributed by atoms with E-state index in [2.05, 4.69) is 5.32 Å². The van der Waals surface area contributed by atoms with E-state index in [-0.39, 0.29) is 23.5 Å². The number of sulfone groups is 1.